The zero-order valence-electron chi connectivity index (χ0n) is 9.77. The molecule has 5 nitrogen and oxygen atoms in total. The first-order chi connectivity index (χ1) is 7.52. The average Bonchev–Trinajstić information content (AvgIpc) is 2.70. The number of thioether (sulfide) groups is 1. The molecule has 1 aliphatic rings. The number of aliphatic carboxylic acids is 1. The van der Waals surface area contributed by atoms with E-state index in [4.69, 9.17) is 5.11 Å². The number of rotatable bonds is 4. The summed E-state index contributed by atoms with van der Waals surface area (Å²) in [5.74, 6) is -0.567. The van der Waals surface area contributed by atoms with Crippen molar-refractivity contribution in [3.63, 3.8) is 0 Å². The highest BCUT2D eigenvalue weighted by atomic mass is 32.2. The molecule has 0 saturated carbocycles. The number of amides is 1. The molecular formula is C10H18N2O3S. The van der Waals surface area contributed by atoms with Crippen molar-refractivity contribution >= 4 is 23.6 Å². The molecule has 92 valence electrons. The lowest BCUT2D eigenvalue weighted by atomic mass is 10.2. The third kappa shape index (κ3) is 2.49. The fourth-order valence-electron chi connectivity index (χ4n) is 1.71. The molecule has 1 saturated heterocycles. The third-order valence-electron chi connectivity index (χ3n) is 2.78. The Hall–Kier alpha value is -0.750. The lowest BCUT2D eigenvalue weighted by Crippen LogP contribution is -2.51. The molecule has 1 rings (SSSR count). The summed E-state index contributed by atoms with van der Waals surface area (Å²) in [4.78, 5) is 24.6. The first kappa shape index (κ1) is 13.3. The SMILES string of the molecule is CCC1SCC(C(=O)O)N1C(=O)C(C)NC. The average molecular weight is 246 g/mol. The first-order valence-electron chi connectivity index (χ1n) is 5.36. The van der Waals surface area contributed by atoms with Crippen molar-refractivity contribution in [2.75, 3.05) is 12.8 Å². The summed E-state index contributed by atoms with van der Waals surface area (Å²) in [6, 6.07) is -1.02. The van der Waals surface area contributed by atoms with E-state index in [0.717, 1.165) is 6.42 Å². The minimum atomic E-state index is -0.917. The highest BCUT2D eigenvalue weighted by Gasteiger charge is 2.41. The van der Waals surface area contributed by atoms with E-state index in [1.54, 1.807) is 14.0 Å². The fraction of sp³-hybridized carbons (Fsp3) is 0.800. The van der Waals surface area contributed by atoms with Gasteiger partial charge in [0.1, 0.15) is 6.04 Å². The van der Waals surface area contributed by atoms with Gasteiger partial charge in [-0.15, -0.1) is 11.8 Å². The number of hydrogen-bond acceptors (Lipinski definition) is 4. The molecule has 16 heavy (non-hydrogen) atoms. The molecule has 0 aromatic carbocycles. The molecule has 1 fully saturated rings. The van der Waals surface area contributed by atoms with E-state index in [0.29, 0.717) is 5.75 Å². The van der Waals surface area contributed by atoms with Gasteiger partial charge in [-0.2, -0.15) is 0 Å². The van der Waals surface area contributed by atoms with Gasteiger partial charge < -0.3 is 15.3 Å². The van der Waals surface area contributed by atoms with Gasteiger partial charge in [-0.1, -0.05) is 6.92 Å². The molecule has 0 aromatic rings. The molecule has 3 atom stereocenters. The van der Waals surface area contributed by atoms with Gasteiger partial charge in [0, 0.05) is 5.75 Å². The highest BCUT2D eigenvalue weighted by molar-refractivity contribution is 8.00. The second-order valence-corrected chi connectivity index (χ2v) is 5.02. The predicted octanol–water partition coefficient (Wildman–Crippen LogP) is 0.359. The van der Waals surface area contributed by atoms with Crippen LogP contribution in [0.4, 0.5) is 0 Å². The summed E-state index contributed by atoms with van der Waals surface area (Å²) < 4.78 is 0. The fourth-order valence-corrected chi connectivity index (χ4v) is 3.07. The maximum Gasteiger partial charge on any atom is 0.327 e. The Kier molecular flexibility index (Phi) is 4.61. The Morgan fingerprint density at radius 1 is 1.62 bits per heavy atom. The number of nitrogens with zero attached hydrogens (tertiary/aromatic N) is 1. The Balaban J connectivity index is 2.85. The van der Waals surface area contributed by atoms with Gasteiger partial charge >= 0.3 is 5.97 Å². The normalized spacial score (nSPS) is 26.8. The molecule has 6 heteroatoms. The zero-order chi connectivity index (χ0) is 12.3. The largest absolute Gasteiger partial charge is 0.480 e. The van der Waals surface area contributed by atoms with Crippen LogP contribution in [-0.2, 0) is 9.59 Å². The highest BCUT2D eigenvalue weighted by Crippen LogP contribution is 2.31. The van der Waals surface area contributed by atoms with Crippen molar-refractivity contribution in [2.45, 2.75) is 37.7 Å². The van der Waals surface area contributed by atoms with Crippen molar-refractivity contribution in [3.8, 4) is 0 Å². The number of carbonyl (C=O) groups excluding carboxylic acids is 1. The van der Waals surface area contributed by atoms with E-state index >= 15 is 0 Å². The van der Waals surface area contributed by atoms with E-state index in [-0.39, 0.29) is 17.3 Å². The summed E-state index contributed by atoms with van der Waals surface area (Å²) in [6.45, 7) is 3.71. The third-order valence-corrected chi connectivity index (χ3v) is 4.24. The molecule has 1 amide bonds. The van der Waals surface area contributed by atoms with Crippen molar-refractivity contribution in [3.05, 3.63) is 0 Å². The van der Waals surface area contributed by atoms with Crippen LogP contribution in [0.2, 0.25) is 0 Å². The van der Waals surface area contributed by atoms with Crippen molar-refractivity contribution < 1.29 is 14.7 Å². The maximum atomic E-state index is 12.0. The molecule has 0 aliphatic carbocycles. The lowest BCUT2D eigenvalue weighted by Gasteiger charge is -2.29. The number of likely N-dealkylation sites (N-methyl/N-ethyl adjacent to an activating group) is 1. The van der Waals surface area contributed by atoms with Crippen LogP contribution in [0.3, 0.4) is 0 Å². The van der Waals surface area contributed by atoms with Gasteiger partial charge in [0.05, 0.1) is 11.4 Å². The lowest BCUT2D eigenvalue weighted by molar-refractivity contribution is -0.149. The molecule has 2 N–H and O–H groups in total. The summed E-state index contributed by atoms with van der Waals surface area (Å²) >= 11 is 1.54. The monoisotopic (exact) mass is 246 g/mol. The number of nitrogens with one attached hydrogen (secondary N) is 1. The zero-order valence-corrected chi connectivity index (χ0v) is 10.6. The standard InChI is InChI=1S/C10H18N2O3S/c1-4-8-12(9(13)6(2)11-3)7(5-16-8)10(14)15/h6-8,11H,4-5H2,1-3H3,(H,14,15). The van der Waals surface area contributed by atoms with Gasteiger partial charge in [0.2, 0.25) is 5.91 Å². The van der Waals surface area contributed by atoms with Crippen LogP contribution >= 0.6 is 11.8 Å². The van der Waals surface area contributed by atoms with E-state index in [2.05, 4.69) is 5.32 Å². The summed E-state index contributed by atoms with van der Waals surface area (Å²) in [5, 5.41) is 11.9. The molecule has 0 radical (unpaired) electrons. The Morgan fingerprint density at radius 2 is 2.25 bits per heavy atom. The van der Waals surface area contributed by atoms with Crippen LogP contribution in [-0.4, -0.2) is 52.1 Å². The van der Waals surface area contributed by atoms with Crippen LogP contribution in [0.5, 0.6) is 0 Å². The second-order valence-electron chi connectivity index (χ2n) is 3.81. The minimum absolute atomic E-state index is 0.00981. The number of carbonyl (C=O) groups is 2. The van der Waals surface area contributed by atoms with Gasteiger partial charge in [0.15, 0.2) is 0 Å². The second kappa shape index (κ2) is 5.54. The molecule has 0 aromatic heterocycles. The predicted molar refractivity (Wildman–Crippen MR) is 63.3 cm³/mol. The summed E-state index contributed by atoms with van der Waals surface area (Å²) in [5.41, 5.74) is 0. The Labute approximate surface area is 99.6 Å². The van der Waals surface area contributed by atoms with E-state index < -0.39 is 12.0 Å². The van der Waals surface area contributed by atoms with E-state index in [9.17, 15) is 9.59 Å². The molecule has 1 heterocycles. The minimum Gasteiger partial charge on any atom is -0.480 e. The smallest absolute Gasteiger partial charge is 0.327 e. The van der Waals surface area contributed by atoms with Gasteiger partial charge in [-0.05, 0) is 20.4 Å². The Bertz CT molecular complexity index is 285. The number of carboxylic acid groups (broad SMARTS) is 1. The Morgan fingerprint density at radius 3 is 2.69 bits per heavy atom. The maximum absolute atomic E-state index is 12.0. The van der Waals surface area contributed by atoms with Crippen LogP contribution in [0.15, 0.2) is 0 Å². The van der Waals surface area contributed by atoms with Crippen molar-refractivity contribution in [1.29, 1.82) is 0 Å². The van der Waals surface area contributed by atoms with E-state index in [1.807, 2.05) is 6.92 Å². The van der Waals surface area contributed by atoms with Crippen molar-refractivity contribution in [2.24, 2.45) is 0 Å². The quantitative estimate of drug-likeness (QED) is 0.749. The van der Waals surface area contributed by atoms with Crippen LogP contribution in [0.25, 0.3) is 0 Å². The topological polar surface area (TPSA) is 69.6 Å². The van der Waals surface area contributed by atoms with E-state index in [1.165, 1.54) is 16.7 Å². The van der Waals surface area contributed by atoms with Gasteiger partial charge in [-0.3, -0.25) is 4.79 Å². The first-order valence-corrected chi connectivity index (χ1v) is 6.41. The molecular weight excluding hydrogens is 228 g/mol. The van der Waals surface area contributed by atoms with Gasteiger partial charge in [0.25, 0.3) is 0 Å². The number of hydrogen-bond donors (Lipinski definition) is 2. The van der Waals surface area contributed by atoms with Crippen LogP contribution in [0.1, 0.15) is 20.3 Å². The number of carboxylic acids is 1. The molecule has 3 unspecified atom stereocenters. The van der Waals surface area contributed by atoms with Gasteiger partial charge in [-0.25, -0.2) is 4.79 Å². The van der Waals surface area contributed by atoms with Crippen LogP contribution < -0.4 is 5.32 Å². The van der Waals surface area contributed by atoms with Crippen LogP contribution in [0, 0.1) is 0 Å². The molecule has 0 spiro atoms. The van der Waals surface area contributed by atoms with Crippen molar-refractivity contribution in [1.82, 2.24) is 10.2 Å². The summed E-state index contributed by atoms with van der Waals surface area (Å²) in [7, 11) is 1.70. The molecule has 1 aliphatic heterocycles. The molecule has 0 bridgehead atoms. The summed E-state index contributed by atoms with van der Waals surface area (Å²) in [6.07, 6.45) is 0.774.